The summed E-state index contributed by atoms with van der Waals surface area (Å²) in [4.78, 5) is 10.7. The zero-order valence-electron chi connectivity index (χ0n) is 8.88. The van der Waals surface area contributed by atoms with E-state index in [2.05, 4.69) is 0 Å². The fourth-order valence-electron chi connectivity index (χ4n) is 1.61. The van der Waals surface area contributed by atoms with Crippen molar-refractivity contribution in [1.29, 1.82) is 0 Å². The molecule has 1 unspecified atom stereocenters. The van der Waals surface area contributed by atoms with Gasteiger partial charge >= 0.3 is 5.97 Å². The maximum absolute atomic E-state index is 10.7. The van der Waals surface area contributed by atoms with Crippen molar-refractivity contribution in [2.45, 2.75) is 12.8 Å². The molecule has 3 heteroatoms. The Kier molecular flexibility index (Phi) is 2.77. The molecule has 0 saturated heterocycles. The average Bonchev–Trinajstić information content (AvgIpc) is 2.78. The highest BCUT2D eigenvalue weighted by atomic mass is 16.4. The number of carbonyl (C=O) groups is 1. The van der Waals surface area contributed by atoms with Gasteiger partial charge in [0.05, 0.1) is 0 Å². The summed E-state index contributed by atoms with van der Waals surface area (Å²) in [6.45, 7) is 1.99. The van der Waals surface area contributed by atoms with Gasteiger partial charge in [-0.05, 0) is 17.7 Å². The van der Waals surface area contributed by atoms with Crippen molar-refractivity contribution in [3.8, 4) is 0 Å². The first kappa shape index (κ1) is 10.5. The molecule has 0 amide bonds. The molecule has 0 spiro atoms. The molecule has 0 radical (unpaired) electrons. The van der Waals surface area contributed by atoms with E-state index in [0.717, 1.165) is 5.56 Å². The van der Waals surface area contributed by atoms with Crippen LogP contribution in [0.2, 0.25) is 0 Å². The molecule has 0 saturated carbocycles. The molecule has 0 aliphatic heterocycles. The minimum atomic E-state index is -1.04. The lowest BCUT2D eigenvalue weighted by Crippen LogP contribution is -1.95. The molecule has 1 aromatic carbocycles. The Balaban J connectivity index is 2.27. The van der Waals surface area contributed by atoms with Crippen molar-refractivity contribution >= 4 is 5.97 Å². The average molecular weight is 216 g/mol. The summed E-state index contributed by atoms with van der Waals surface area (Å²) >= 11 is 0. The molecule has 0 bridgehead atoms. The van der Waals surface area contributed by atoms with Gasteiger partial charge in [0.2, 0.25) is 5.76 Å². The molecule has 1 atom stereocenters. The largest absolute Gasteiger partial charge is 0.475 e. The Morgan fingerprint density at radius 2 is 1.88 bits per heavy atom. The summed E-state index contributed by atoms with van der Waals surface area (Å²) in [6, 6.07) is 13.0. The number of carboxylic acids is 1. The smallest absolute Gasteiger partial charge is 0.371 e. The minimum absolute atomic E-state index is 0.0159. The van der Waals surface area contributed by atoms with E-state index >= 15 is 0 Å². The number of hydrogen-bond acceptors (Lipinski definition) is 2. The summed E-state index contributed by atoms with van der Waals surface area (Å²) in [5.41, 5.74) is 1.11. The Hall–Kier alpha value is -2.03. The molecule has 82 valence electrons. The third-order valence-corrected chi connectivity index (χ3v) is 2.56. The summed E-state index contributed by atoms with van der Waals surface area (Å²) in [5.74, 6) is -0.317. The number of benzene rings is 1. The topological polar surface area (TPSA) is 50.4 Å². The van der Waals surface area contributed by atoms with Crippen LogP contribution in [0.4, 0.5) is 0 Å². The second-order valence-electron chi connectivity index (χ2n) is 3.64. The van der Waals surface area contributed by atoms with E-state index < -0.39 is 5.97 Å². The fourth-order valence-corrected chi connectivity index (χ4v) is 1.61. The maximum Gasteiger partial charge on any atom is 0.371 e. The van der Waals surface area contributed by atoms with Crippen LogP contribution in [0.1, 0.15) is 34.7 Å². The van der Waals surface area contributed by atoms with E-state index in [0.29, 0.717) is 5.76 Å². The first-order valence-corrected chi connectivity index (χ1v) is 5.06. The Morgan fingerprint density at radius 1 is 1.19 bits per heavy atom. The van der Waals surface area contributed by atoms with Crippen LogP contribution in [0.3, 0.4) is 0 Å². The van der Waals surface area contributed by atoms with Crippen LogP contribution in [0, 0.1) is 0 Å². The van der Waals surface area contributed by atoms with Crippen molar-refractivity contribution in [3.63, 3.8) is 0 Å². The van der Waals surface area contributed by atoms with E-state index in [4.69, 9.17) is 9.52 Å². The highest BCUT2D eigenvalue weighted by Crippen LogP contribution is 2.25. The van der Waals surface area contributed by atoms with Crippen LogP contribution in [-0.2, 0) is 0 Å². The summed E-state index contributed by atoms with van der Waals surface area (Å²) in [5, 5.41) is 8.76. The molecular weight excluding hydrogens is 204 g/mol. The van der Waals surface area contributed by atoms with Crippen molar-refractivity contribution < 1.29 is 14.3 Å². The lowest BCUT2D eigenvalue weighted by atomic mass is 9.99. The standard InChI is InChI=1S/C13H12O3/c1-9(10-5-3-2-4-6-10)11-7-8-12(16-11)13(14)15/h2-9H,1H3,(H,14,15). The van der Waals surface area contributed by atoms with Crippen LogP contribution in [0.5, 0.6) is 0 Å². The van der Waals surface area contributed by atoms with Gasteiger partial charge in [0, 0.05) is 5.92 Å². The van der Waals surface area contributed by atoms with Crippen LogP contribution in [0.25, 0.3) is 0 Å². The zero-order chi connectivity index (χ0) is 11.5. The monoisotopic (exact) mass is 216 g/mol. The van der Waals surface area contributed by atoms with Gasteiger partial charge in [0.25, 0.3) is 0 Å². The van der Waals surface area contributed by atoms with Gasteiger partial charge in [-0.15, -0.1) is 0 Å². The van der Waals surface area contributed by atoms with E-state index in [1.54, 1.807) is 6.07 Å². The second-order valence-corrected chi connectivity index (χ2v) is 3.64. The summed E-state index contributed by atoms with van der Waals surface area (Å²) in [7, 11) is 0. The van der Waals surface area contributed by atoms with Gasteiger partial charge in [-0.25, -0.2) is 4.79 Å². The second kappa shape index (κ2) is 4.23. The van der Waals surface area contributed by atoms with Gasteiger partial charge in [-0.3, -0.25) is 0 Å². The predicted octanol–water partition coefficient (Wildman–Crippen LogP) is 3.13. The van der Waals surface area contributed by atoms with Crippen LogP contribution < -0.4 is 0 Å². The molecule has 16 heavy (non-hydrogen) atoms. The molecule has 2 rings (SSSR count). The molecule has 1 heterocycles. The summed E-state index contributed by atoms with van der Waals surface area (Å²) < 4.78 is 5.26. The number of aromatic carboxylic acids is 1. The fraction of sp³-hybridized carbons (Fsp3) is 0.154. The maximum atomic E-state index is 10.7. The molecule has 0 fully saturated rings. The number of hydrogen-bond donors (Lipinski definition) is 1. The molecule has 0 aliphatic rings. The molecule has 3 nitrogen and oxygen atoms in total. The number of furan rings is 1. The van der Waals surface area contributed by atoms with Crippen molar-refractivity contribution in [3.05, 3.63) is 59.5 Å². The van der Waals surface area contributed by atoms with Crippen LogP contribution in [0.15, 0.2) is 46.9 Å². The molecular formula is C13H12O3. The minimum Gasteiger partial charge on any atom is -0.475 e. The lowest BCUT2D eigenvalue weighted by Gasteiger charge is -2.07. The lowest BCUT2D eigenvalue weighted by molar-refractivity contribution is 0.0660. The van der Waals surface area contributed by atoms with Crippen molar-refractivity contribution in [1.82, 2.24) is 0 Å². The van der Waals surface area contributed by atoms with E-state index in [1.807, 2.05) is 37.3 Å². The Bertz CT molecular complexity index is 485. The molecule has 1 aromatic heterocycles. The third-order valence-electron chi connectivity index (χ3n) is 2.56. The summed E-state index contributed by atoms with van der Waals surface area (Å²) in [6.07, 6.45) is 0. The quantitative estimate of drug-likeness (QED) is 0.857. The van der Waals surface area contributed by atoms with Crippen molar-refractivity contribution in [2.24, 2.45) is 0 Å². The SMILES string of the molecule is CC(c1ccccc1)c1ccc(C(=O)O)o1. The zero-order valence-corrected chi connectivity index (χ0v) is 8.88. The van der Waals surface area contributed by atoms with Gasteiger partial charge in [-0.1, -0.05) is 37.3 Å². The van der Waals surface area contributed by atoms with Gasteiger partial charge in [-0.2, -0.15) is 0 Å². The first-order valence-electron chi connectivity index (χ1n) is 5.06. The van der Waals surface area contributed by atoms with Crippen LogP contribution in [-0.4, -0.2) is 11.1 Å². The van der Waals surface area contributed by atoms with E-state index in [1.165, 1.54) is 6.07 Å². The predicted molar refractivity (Wildman–Crippen MR) is 59.6 cm³/mol. The molecule has 2 aromatic rings. The third kappa shape index (κ3) is 1.98. The Labute approximate surface area is 93.3 Å². The van der Waals surface area contributed by atoms with Gasteiger partial charge in [0.15, 0.2) is 0 Å². The molecule has 1 N–H and O–H groups in total. The van der Waals surface area contributed by atoms with Gasteiger partial charge in [0.1, 0.15) is 5.76 Å². The van der Waals surface area contributed by atoms with E-state index in [-0.39, 0.29) is 11.7 Å². The van der Waals surface area contributed by atoms with Crippen molar-refractivity contribution in [2.75, 3.05) is 0 Å². The van der Waals surface area contributed by atoms with E-state index in [9.17, 15) is 4.79 Å². The first-order chi connectivity index (χ1) is 7.68. The normalized spacial score (nSPS) is 12.3. The number of carboxylic acid groups (broad SMARTS) is 1. The van der Waals surface area contributed by atoms with Gasteiger partial charge < -0.3 is 9.52 Å². The highest BCUT2D eigenvalue weighted by molar-refractivity contribution is 5.84. The Morgan fingerprint density at radius 3 is 2.44 bits per heavy atom. The number of rotatable bonds is 3. The highest BCUT2D eigenvalue weighted by Gasteiger charge is 2.15. The van der Waals surface area contributed by atoms with Crippen LogP contribution >= 0.6 is 0 Å². The molecule has 0 aliphatic carbocycles.